The zero-order valence-corrected chi connectivity index (χ0v) is 20.5. The molecule has 1 aliphatic heterocycles. The Labute approximate surface area is 203 Å². The molecule has 5 rings (SSSR count). The minimum absolute atomic E-state index is 0.209. The molecule has 3 aromatic heterocycles. The number of fused-ring (bicyclic) bond motifs is 1. The van der Waals surface area contributed by atoms with Crippen molar-refractivity contribution in [3.05, 3.63) is 48.4 Å². The van der Waals surface area contributed by atoms with Crippen LogP contribution in [-0.2, 0) is 4.74 Å². The van der Waals surface area contributed by atoms with Gasteiger partial charge in [0.1, 0.15) is 16.9 Å². The number of nitrogens with zero attached hydrogens (tertiary/aromatic N) is 5. The monoisotopic (exact) mass is 474 g/mol. The summed E-state index contributed by atoms with van der Waals surface area (Å²) in [5, 5.41) is 4.69. The minimum atomic E-state index is -0.495. The number of carbonyl (C=O) groups excluding carboxylic acids is 1. The van der Waals surface area contributed by atoms with Gasteiger partial charge in [-0.05, 0) is 58.7 Å². The summed E-state index contributed by atoms with van der Waals surface area (Å²) in [6, 6.07) is 9.76. The van der Waals surface area contributed by atoms with Crippen molar-refractivity contribution in [3.63, 3.8) is 0 Å². The molecule has 0 bridgehead atoms. The molecule has 1 fully saturated rings. The van der Waals surface area contributed by atoms with E-state index in [1.165, 1.54) is 0 Å². The molecule has 0 radical (unpaired) electrons. The molecular weight excluding hydrogens is 444 g/mol. The van der Waals surface area contributed by atoms with Crippen LogP contribution in [0.5, 0.6) is 0 Å². The van der Waals surface area contributed by atoms with Crippen molar-refractivity contribution in [1.29, 1.82) is 0 Å². The van der Waals surface area contributed by atoms with Crippen LogP contribution in [0.1, 0.15) is 45.3 Å². The van der Waals surface area contributed by atoms with Gasteiger partial charge in [0.05, 0.1) is 17.8 Å². The van der Waals surface area contributed by atoms with Crippen LogP contribution in [0, 0.1) is 6.92 Å². The third-order valence-electron chi connectivity index (χ3n) is 6.26. The first-order valence-corrected chi connectivity index (χ1v) is 11.8. The number of nitrogens with two attached hydrogens (primary N) is 1. The highest BCUT2D eigenvalue weighted by atomic mass is 16.6. The number of nitrogen functional groups attached to an aromatic ring is 1. The molecule has 1 saturated heterocycles. The third kappa shape index (κ3) is 4.58. The maximum absolute atomic E-state index is 12.4. The van der Waals surface area contributed by atoms with Gasteiger partial charge >= 0.3 is 6.09 Å². The Hall–Kier alpha value is -3.88. The molecule has 35 heavy (non-hydrogen) atoms. The highest BCUT2D eigenvalue weighted by molar-refractivity contribution is 5.81. The van der Waals surface area contributed by atoms with Gasteiger partial charge in [0.15, 0.2) is 5.58 Å². The number of pyridine rings is 1. The maximum atomic E-state index is 12.4. The average molecular weight is 475 g/mol. The highest BCUT2D eigenvalue weighted by Crippen LogP contribution is 2.34. The van der Waals surface area contributed by atoms with Crippen LogP contribution in [-0.4, -0.2) is 49.4 Å². The number of ether oxygens (including phenoxy) is 1. The molecule has 9 heteroatoms. The number of para-hydroxylation sites is 2. The van der Waals surface area contributed by atoms with Crippen LogP contribution in [0.25, 0.3) is 33.7 Å². The first-order chi connectivity index (χ1) is 16.7. The zero-order valence-electron chi connectivity index (χ0n) is 20.5. The molecule has 4 aromatic rings. The summed E-state index contributed by atoms with van der Waals surface area (Å²) in [5.41, 5.74) is 10.7. The van der Waals surface area contributed by atoms with E-state index in [0.29, 0.717) is 35.9 Å². The molecule has 0 aliphatic carbocycles. The van der Waals surface area contributed by atoms with Gasteiger partial charge in [-0.3, -0.25) is 4.68 Å². The largest absolute Gasteiger partial charge is 0.444 e. The fourth-order valence-corrected chi connectivity index (χ4v) is 4.48. The molecule has 4 heterocycles. The SMILES string of the molecule is Cc1c(-c2cnc(N)c(-c3nc4ccccc4o3)c2)cnn1C1CCN(C(=O)OC(C)(C)C)CC1. The van der Waals surface area contributed by atoms with Crippen molar-refractivity contribution in [3.8, 4) is 22.6 Å². The lowest BCUT2D eigenvalue weighted by atomic mass is 10.0. The summed E-state index contributed by atoms with van der Waals surface area (Å²) in [4.78, 5) is 23.2. The summed E-state index contributed by atoms with van der Waals surface area (Å²) in [6.07, 6.45) is 4.98. The lowest BCUT2D eigenvalue weighted by Crippen LogP contribution is -2.42. The Morgan fingerprint density at radius 2 is 1.89 bits per heavy atom. The summed E-state index contributed by atoms with van der Waals surface area (Å²) in [5.74, 6) is 0.803. The van der Waals surface area contributed by atoms with E-state index < -0.39 is 5.60 Å². The number of carbonyl (C=O) groups is 1. The molecule has 0 spiro atoms. The number of oxazole rings is 1. The number of hydrogen-bond acceptors (Lipinski definition) is 7. The first kappa shape index (κ1) is 22.9. The van der Waals surface area contributed by atoms with Crippen molar-refractivity contribution in [2.24, 2.45) is 0 Å². The molecule has 0 unspecified atom stereocenters. The van der Waals surface area contributed by atoms with E-state index in [2.05, 4.69) is 26.7 Å². The molecular formula is C26H30N6O3. The van der Waals surface area contributed by atoms with Gasteiger partial charge in [-0.1, -0.05) is 12.1 Å². The normalized spacial score (nSPS) is 15.0. The number of likely N-dealkylation sites (tertiary alicyclic amines) is 1. The van der Waals surface area contributed by atoms with Crippen LogP contribution in [0.3, 0.4) is 0 Å². The Morgan fingerprint density at radius 3 is 2.60 bits per heavy atom. The summed E-state index contributed by atoms with van der Waals surface area (Å²) >= 11 is 0. The lowest BCUT2D eigenvalue weighted by Gasteiger charge is -2.33. The highest BCUT2D eigenvalue weighted by Gasteiger charge is 2.29. The average Bonchev–Trinajstić information content (AvgIpc) is 3.42. The number of benzene rings is 1. The number of rotatable bonds is 3. The Morgan fingerprint density at radius 1 is 1.14 bits per heavy atom. The topological polar surface area (TPSA) is 112 Å². The standard InChI is InChI=1S/C26H30N6O3/c1-16-20(15-29-32(16)18-9-11-31(12-10-18)25(33)35-26(2,3)4)17-13-19(23(27)28-14-17)24-30-21-7-5-6-8-22(21)34-24/h5-8,13-15,18H,9-12H2,1-4H3,(H2,27,28). The second-order valence-corrected chi connectivity index (χ2v) is 9.93. The summed E-state index contributed by atoms with van der Waals surface area (Å²) in [6.45, 7) is 8.98. The van der Waals surface area contributed by atoms with Gasteiger partial charge < -0.3 is 19.8 Å². The van der Waals surface area contributed by atoms with Crippen LogP contribution in [0.4, 0.5) is 10.6 Å². The number of piperidine rings is 1. The van der Waals surface area contributed by atoms with E-state index in [0.717, 1.165) is 35.2 Å². The molecule has 1 amide bonds. The number of hydrogen-bond donors (Lipinski definition) is 1. The van der Waals surface area contributed by atoms with E-state index in [1.54, 1.807) is 11.1 Å². The lowest BCUT2D eigenvalue weighted by molar-refractivity contribution is 0.0184. The van der Waals surface area contributed by atoms with E-state index in [9.17, 15) is 4.79 Å². The summed E-state index contributed by atoms with van der Waals surface area (Å²) < 4.78 is 13.5. The van der Waals surface area contributed by atoms with Crippen molar-refractivity contribution in [2.45, 2.75) is 52.2 Å². The van der Waals surface area contributed by atoms with Gasteiger partial charge in [0, 0.05) is 36.1 Å². The number of anilines is 1. The van der Waals surface area contributed by atoms with E-state index >= 15 is 0 Å². The predicted octanol–water partition coefficient (Wildman–Crippen LogP) is 5.22. The fraction of sp³-hybridized carbons (Fsp3) is 0.385. The Kier molecular flexibility index (Phi) is 5.70. The molecule has 1 aliphatic rings. The number of aromatic nitrogens is 4. The van der Waals surface area contributed by atoms with Gasteiger partial charge in [0.2, 0.25) is 5.89 Å². The van der Waals surface area contributed by atoms with Gasteiger partial charge in [-0.25, -0.2) is 14.8 Å². The van der Waals surface area contributed by atoms with Crippen molar-refractivity contribution in [2.75, 3.05) is 18.8 Å². The second-order valence-electron chi connectivity index (χ2n) is 9.93. The van der Waals surface area contributed by atoms with E-state index in [1.807, 2.05) is 57.3 Å². The maximum Gasteiger partial charge on any atom is 0.410 e. The second kappa shape index (κ2) is 8.72. The van der Waals surface area contributed by atoms with Crippen LogP contribution in [0.15, 0.2) is 47.1 Å². The van der Waals surface area contributed by atoms with Gasteiger partial charge in [0.25, 0.3) is 0 Å². The van der Waals surface area contributed by atoms with Crippen LogP contribution >= 0.6 is 0 Å². The number of amides is 1. The molecule has 2 N–H and O–H groups in total. The Balaban J connectivity index is 1.36. The molecule has 1 aromatic carbocycles. The molecule has 182 valence electrons. The predicted molar refractivity (Wildman–Crippen MR) is 134 cm³/mol. The van der Waals surface area contributed by atoms with E-state index in [4.69, 9.17) is 14.9 Å². The molecule has 0 saturated carbocycles. The molecule has 0 atom stereocenters. The smallest absolute Gasteiger partial charge is 0.410 e. The first-order valence-electron chi connectivity index (χ1n) is 11.8. The third-order valence-corrected chi connectivity index (χ3v) is 6.26. The Bertz CT molecular complexity index is 1340. The van der Waals surface area contributed by atoms with Crippen molar-refractivity contribution in [1.82, 2.24) is 24.6 Å². The summed E-state index contributed by atoms with van der Waals surface area (Å²) in [7, 11) is 0. The molecule has 9 nitrogen and oxygen atoms in total. The van der Waals surface area contributed by atoms with Gasteiger partial charge in [-0.2, -0.15) is 5.10 Å². The quantitative estimate of drug-likeness (QED) is 0.433. The minimum Gasteiger partial charge on any atom is -0.444 e. The van der Waals surface area contributed by atoms with Crippen LogP contribution in [0.2, 0.25) is 0 Å². The van der Waals surface area contributed by atoms with Crippen LogP contribution < -0.4 is 5.73 Å². The zero-order chi connectivity index (χ0) is 24.7. The van der Waals surface area contributed by atoms with E-state index in [-0.39, 0.29) is 12.1 Å². The fourth-order valence-electron chi connectivity index (χ4n) is 4.48. The van der Waals surface area contributed by atoms with Crippen molar-refractivity contribution < 1.29 is 13.9 Å². The van der Waals surface area contributed by atoms with Gasteiger partial charge in [-0.15, -0.1) is 0 Å². The van der Waals surface area contributed by atoms with Crippen molar-refractivity contribution >= 4 is 23.0 Å².